The lowest BCUT2D eigenvalue weighted by molar-refractivity contribution is -0.0461. The second kappa shape index (κ2) is 16.8. The fraction of sp³-hybridized carbons (Fsp3) is 0.348. The number of anilines is 4. The van der Waals surface area contributed by atoms with Crippen molar-refractivity contribution in [2.75, 3.05) is 84.5 Å². The van der Waals surface area contributed by atoms with Crippen LogP contribution in [0, 0.1) is 13.8 Å². The Balaban J connectivity index is 0.000000154. The Morgan fingerprint density at radius 3 is 1.43 bits per heavy atom. The van der Waals surface area contributed by atoms with Gasteiger partial charge in [0.25, 0.3) is 0 Å². The highest BCUT2D eigenvalue weighted by atomic mass is 32.2. The first kappa shape index (κ1) is 40.4. The molecule has 4 aliphatic heterocycles. The maximum absolute atomic E-state index is 12.7. The van der Waals surface area contributed by atoms with Crippen LogP contribution in [0.5, 0.6) is 0 Å². The van der Waals surface area contributed by atoms with Gasteiger partial charge in [0, 0.05) is 94.8 Å². The Kier molecular flexibility index (Phi) is 11.3. The highest BCUT2D eigenvalue weighted by Crippen LogP contribution is 2.33. The van der Waals surface area contributed by atoms with E-state index in [-0.39, 0.29) is 11.1 Å². The number of nitrogens with two attached hydrogens (primary N) is 2. The molecule has 2 saturated heterocycles. The maximum Gasteiger partial charge on any atom is 0.131 e. The Morgan fingerprint density at radius 1 is 0.617 bits per heavy atom. The van der Waals surface area contributed by atoms with E-state index in [1.165, 1.54) is 11.1 Å². The number of nitrogens with zero attached hydrogens (tertiary/aromatic N) is 4. The minimum Gasteiger partial charge on any atom is -0.382 e. The molecule has 6 N–H and O–H groups in total. The van der Waals surface area contributed by atoms with Crippen LogP contribution in [0.1, 0.15) is 22.3 Å². The first-order valence-electron chi connectivity index (χ1n) is 20.5. The van der Waals surface area contributed by atoms with E-state index in [2.05, 4.69) is 94.9 Å². The van der Waals surface area contributed by atoms with Crippen LogP contribution in [0.4, 0.5) is 23.0 Å². The molecule has 0 spiro atoms. The molecule has 10 rings (SSSR count). The van der Waals surface area contributed by atoms with Gasteiger partial charge in [0.15, 0.2) is 0 Å². The largest absolute Gasteiger partial charge is 0.382 e. The van der Waals surface area contributed by atoms with Gasteiger partial charge in [-0.1, -0.05) is 59.7 Å². The third-order valence-electron chi connectivity index (χ3n) is 11.6. The van der Waals surface area contributed by atoms with E-state index < -0.39 is 21.6 Å². The van der Waals surface area contributed by atoms with Crippen molar-refractivity contribution in [2.24, 2.45) is 11.5 Å². The number of hydrogen-bond acceptors (Lipinski definition) is 12. The van der Waals surface area contributed by atoms with Gasteiger partial charge in [-0.15, -0.1) is 0 Å². The van der Waals surface area contributed by atoms with Crippen LogP contribution in [-0.4, -0.2) is 93.6 Å². The smallest absolute Gasteiger partial charge is 0.131 e. The lowest BCUT2D eigenvalue weighted by atomic mass is 9.99. The highest BCUT2D eigenvalue weighted by Gasteiger charge is 2.35. The Labute approximate surface area is 356 Å². The standard InChI is InChI=1S/2C23H26N4O2S/c2*1-16-6-7-19-18(10-16)20(25-13-23(24)14-29-15-23)11-22(26-19)27-8-9-30(28)21-5-3-2-4-17(21)12-27/h2*2-7,10-11H,8-9,12-15,24H2,1H3,(H,25,26). The number of ether oxygens (including phenoxy) is 2. The van der Waals surface area contributed by atoms with Crippen molar-refractivity contribution in [1.29, 1.82) is 0 Å². The van der Waals surface area contributed by atoms with Gasteiger partial charge in [-0.3, -0.25) is 8.42 Å². The van der Waals surface area contributed by atoms with Gasteiger partial charge in [-0.25, -0.2) is 9.97 Å². The first-order valence-corrected chi connectivity index (χ1v) is 23.1. The van der Waals surface area contributed by atoms with Gasteiger partial charge >= 0.3 is 0 Å². The number of nitrogens with one attached hydrogen (secondary N) is 2. The molecule has 14 heteroatoms. The van der Waals surface area contributed by atoms with Crippen LogP contribution in [0.3, 0.4) is 0 Å². The molecule has 0 saturated carbocycles. The highest BCUT2D eigenvalue weighted by molar-refractivity contribution is 7.85. The molecule has 0 amide bonds. The molecule has 2 fully saturated rings. The van der Waals surface area contributed by atoms with Crippen molar-refractivity contribution in [3.63, 3.8) is 0 Å². The third kappa shape index (κ3) is 8.63. The number of aromatic nitrogens is 2. The molecule has 4 aliphatic rings. The number of rotatable bonds is 8. The molecule has 6 heterocycles. The fourth-order valence-corrected chi connectivity index (χ4v) is 10.5. The number of fused-ring (bicyclic) bond motifs is 4. The Bertz CT molecular complexity index is 2440. The van der Waals surface area contributed by atoms with Crippen LogP contribution in [-0.2, 0) is 44.2 Å². The van der Waals surface area contributed by atoms with E-state index in [0.717, 1.165) is 65.7 Å². The van der Waals surface area contributed by atoms with Crippen molar-refractivity contribution >= 4 is 66.4 Å². The SMILES string of the molecule is Cc1ccc2nc(N3CCS(=O)c4ccccc4C3)cc(NCC3(N)COC3)c2c1.Cc1ccc2nc(N3CCS(=O)c4ccccc4C3)cc(NCC3(N)COC3)c2c1. The van der Waals surface area contributed by atoms with Gasteiger partial charge in [-0.05, 0) is 61.4 Å². The summed E-state index contributed by atoms with van der Waals surface area (Å²) in [5, 5.41) is 9.27. The van der Waals surface area contributed by atoms with E-state index in [0.29, 0.717) is 77.2 Å². The fourth-order valence-electron chi connectivity index (χ4n) is 8.02. The van der Waals surface area contributed by atoms with E-state index in [9.17, 15) is 8.42 Å². The van der Waals surface area contributed by atoms with Gasteiger partial charge in [0.05, 0.1) is 70.1 Å². The lowest BCUT2D eigenvalue weighted by Gasteiger charge is -2.38. The monoisotopic (exact) mass is 844 g/mol. The Hall–Kier alpha value is -4.96. The third-order valence-corrected chi connectivity index (χ3v) is 14.5. The molecule has 60 heavy (non-hydrogen) atoms. The molecular formula is C46H52N8O4S2. The average Bonchev–Trinajstić information content (AvgIpc) is 3.51. The van der Waals surface area contributed by atoms with E-state index in [4.69, 9.17) is 30.9 Å². The second-order valence-electron chi connectivity index (χ2n) is 16.7. The lowest BCUT2D eigenvalue weighted by Crippen LogP contribution is -2.61. The zero-order chi connectivity index (χ0) is 41.4. The molecule has 6 aromatic rings. The Morgan fingerprint density at radius 2 is 1.03 bits per heavy atom. The number of aryl methyl sites for hydroxylation is 2. The van der Waals surface area contributed by atoms with E-state index in [1.807, 2.05) is 36.4 Å². The summed E-state index contributed by atoms with van der Waals surface area (Å²) in [6.07, 6.45) is 0. The molecule has 2 atom stereocenters. The van der Waals surface area contributed by atoms with Crippen molar-refractivity contribution in [1.82, 2.24) is 9.97 Å². The normalized spacial score (nSPS) is 20.3. The maximum atomic E-state index is 12.7. The number of pyridine rings is 2. The van der Waals surface area contributed by atoms with Crippen LogP contribution < -0.4 is 31.9 Å². The topological polar surface area (TPSA) is 161 Å². The quantitative estimate of drug-likeness (QED) is 0.150. The van der Waals surface area contributed by atoms with Gasteiger partial charge in [0.2, 0.25) is 0 Å². The molecule has 0 bridgehead atoms. The zero-order valence-electron chi connectivity index (χ0n) is 34.1. The van der Waals surface area contributed by atoms with Crippen LogP contribution in [0.2, 0.25) is 0 Å². The summed E-state index contributed by atoms with van der Waals surface area (Å²) in [6.45, 7) is 10.5. The van der Waals surface area contributed by atoms with Gasteiger partial charge in [0.1, 0.15) is 11.6 Å². The zero-order valence-corrected chi connectivity index (χ0v) is 35.7. The van der Waals surface area contributed by atoms with Crippen LogP contribution in [0.15, 0.2) is 107 Å². The van der Waals surface area contributed by atoms with E-state index >= 15 is 0 Å². The summed E-state index contributed by atoms with van der Waals surface area (Å²) in [4.78, 5) is 16.2. The predicted octanol–water partition coefficient (Wildman–Crippen LogP) is 5.62. The van der Waals surface area contributed by atoms with Gasteiger partial charge in [-0.2, -0.15) is 0 Å². The van der Waals surface area contributed by atoms with Crippen molar-refractivity contribution in [2.45, 2.75) is 47.8 Å². The molecule has 0 radical (unpaired) electrons. The summed E-state index contributed by atoms with van der Waals surface area (Å²) in [5.74, 6) is 2.96. The molecule has 2 aromatic heterocycles. The molecule has 0 aliphatic carbocycles. The molecule has 4 aromatic carbocycles. The van der Waals surface area contributed by atoms with Crippen molar-refractivity contribution in [3.8, 4) is 0 Å². The van der Waals surface area contributed by atoms with Crippen molar-refractivity contribution < 1.29 is 17.9 Å². The predicted molar refractivity (Wildman–Crippen MR) is 243 cm³/mol. The molecule has 12 nitrogen and oxygen atoms in total. The number of hydrogen-bond donors (Lipinski definition) is 4. The summed E-state index contributed by atoms with van der Waals surface area (Å²) < 4.78 is 35.9. The second-order valence-corrected chi connectivity index (χ2v) is 19.8. The van der Waals surface area contributed by atoms with Crippen molar-refractivity contribution in [3.05, 3.63) is 119 Å². The van der Waals surface area contributed by atoms with Crippen LogP contribution >= 0.6 is 0 Å². The van der Waals surface area contributed by atoms with Crippen LogP contribution in [0.25, 0.3) is 21.8 Å². The minimum absolute atomic E-state index is 0.321. The summed E-state index contributed by atoms with van der Waals surface area (Å²) in [5.41, 5.74) is 20.5. The molecule has 2 unspecified atom stereocenters. The van der Waals surface area contributed by atoms with E-state index in [1.54, 1.807) is 0 Å². The molecular weight excluding hydrogens is 793 g/mol. The summed E-state index contributed by atoms with van der Waals surface area (Å²) in [7, 11) is -1.97. The molecule has 312 valence electrons. The minimum atomic E-state index is -0.987. The first-order chi connectivity index (χ1) is 29.0. The average molecular weight is 845 g/mol. The summed E-state index contributed by atoms with van der Waals surface area (Å²) >= 11 is 0. The van der Waals surface area contributed by atoms with Gasteiger partial charge < -0.3 is 41.4 Å². The number of benzene rings is 4. The summed E-state index contributed by atoms with van der Waals surface area (Å²) in [6, 6.07) is 32.8.